The summed E-state index contributed by atoms with van der Waals surface area (Å²) in [5.41, 5.74) is 6.91. The Kier molecular flexibility index (Phi) is 6.41. The summed E-state index contributed by atoms with van der Waals surface area (Å²) in [5.74, 6) is 0.245. The molecule has 1 unspecified atom stereocenters. The van der Waals surface area contributed by atoms with E-state index in [1.165, 1.54) is 27.4 Å². The summed E-state index contributed by atoms with van der Waals surface area (Å²) in [7, 11) is 0.660. The Hall–Kier alpha value is -1.35. The molecule has 7 nitrogen and oxygen atoms in total. The molecule has 1 rings (SSSR count). The number of methoxy groups -OCH3 is 3. The summed E-state index contributed by atoms with van der Waals surface area (Å²) in [6.45, 7) is 2.15. The SMILES string of the molecule is COCC(CNS(=O)(=O)c1cc(N)c(C)cc1OC)OC. The molecular formula is C13H22N2O5S. The minimum absolute atomic E-state index is 0.000342. The number of hydrogen-bond acceptors (Lipinski definition) is 6. The highest BCUT2D eigenvalue weighted by Gasteiger charge is 2.22. The van der Waals surface area contributed by atoms with Crippen LogP contribution in [-0.4, -0.2) is 49.0 Å². The fourth-order valence-electron chi connectivity index (χ4n) is 1.72. The number of nitrogen functional groups attached to an aromatic ring is 1. The van der Waals surface area contributed by atoms with E-state index >= 15 is 0 Å². The third-order valence-corrected chi connectivity index (χ3v) is 4.47. The van der Waals surface area contributed by atoms with E-state index in [1.54, 1.807) is 13.0 Å². The highest BCUT2D eigenvalue weighted by molar-refractivity contribution is 7.89. The molecule has 0 spiro atoms. The second-order valence-electron chi connectivity index (χ2n) is 4.52. The maximum absolute atomic E-state index is 12.4. The lowest BCUT2D eigenvalue weighted by Crippen LogP contribution is -2.35. The van der Waals surface area contributed by atoms with Gasteiger partial charge in [0.25, 0.3) is 0 Å². The van der Waals surface area contributed by atoms with Crippen molar-refractivity contribution in [1.82, 2.24) is 4.72 Å². The van der Waals surface area contributed by atoms with E-state index in [2.05, 4.69) is 4.72 Å². The molecule has 0 aromatic heterocycles. The smallest absolute Gasteiger partial charge is 0.244 e. The summed E-state index contributed by atoms with van der Waals surface area (Å²) in [4.78, 5) is 0.000342. The molecule has 1 aromatic carbocycles. The Bertz CT molecular complexity index is 574. The number of hydrogen-bond donors (Lipinski definition) is 2. The number of aryl methyl sites for hydroxylation is 1. The van der Waals surface area contributed by atoms with Crippen molar-refractivity contribution < 1.29 is 22.6 Å². The third kappa shape index (κ3) is 4.57. The van der Waals surface area contributed by atoms with Gasteiger partial charge < -0.3 is 19.9 Å². The zero-order valence-electron chi connectivity index (χ0n) is 12.7. The van der Waals surface area contributed by atoms with Gasteiger partial charge in [-0.05, 0) is 24.6 Å². The molecule has 120 valence electrons. The number of benzene rings is 1. The number of anilines is 1. The maximum Gasteiger partial charge on any atom is 0.244 e. The summed E-state index contributed by atoms with van der Waals surface area (Å²) in [6, 6.07) is 2.97. The molecule has 8 heteroatoms. The summed E-state index contributed by atoms with van der Waals surface area (Å²) in [6.07, 6.45) is -0.376. The highest BCUT2D eigenvalue weighted by Crippen LogP contribution is 2.28. The van der Waals surface area contributed by atoms with Crippen molar-refractivity contribution in [3.8, 4) is 5.75 Å². The average Bonchev–Trinajstić information content (AvgIpc) is 2.45. The Morgan fingerprint density at radius 3 is 2.48 bits per heavy atom. The molecule has 0 radical (unpaired) electrons. The Morgan fingerprint density at radius 2 is 1.95 bits per heavy atom. The lowest BCUT2D eigenvalue weighted by Gasteiger charge is -2.17. The molecule has 0 aliphatic rings. The quantitative estimate of drug-likeness (QED) is 0.678. The van der Waals surface area contributed by atoms with Crippen LogP contribution in [0.3, 0.4) is 0 Å². The average molecular weight is 318 g/mol. The number of sulfonamides is 1. The summed E-state index contributed by atoms with van der Waals surface area (Å²) >= 11 is 0. The van der Waals surface area contributed by atoms with Crippen molar-refractivity contribution in [3.63, 3.8) is 0 Å². The van der Waals surface area contributed by atoms with Crippen LogP contribution < -0.4 is 15.2 Å². The minimum atomic E-state index is -3.76. The van der Waals surface area contributed by atoms with Crippen molar-refractivity contribution >= 4 is 15.7 Å². The van der Waals surface area contributed by atoms with E-state index < -0.39 is 10.0 Å². The van der Waals surface area contributed by atoms with E-state index in [0.717, 1.165) is 5.56 Å². The molecule has 0 heterocycles. The van der Waals surface area contributed by atoms with Gasteiger partial charge in [0.1, 0.15) is 10.6 Å². The third-order valence-electron chi connectivity index (χ3n) is 3.03. The van der Waals surface area contributed by atoms with Crippen LogP contribution >= 0.6 is 0 Å². The second kappa shape index (κ2) is 7.60. The van der Waals surface area contributed by atoms with Gasteiger partial charge in [-0.3, -0.25) is 0 Å². The highest BCUT2D eigenvalue weighted by atomic mass is 32.2. The van der Waals surface area contributed by atoms with Gasteiger partial charge in [-0.15, -0.1) is 0 Å². The van der Waals surface area contributed by atoms with Crippen LogP contribution in [0.5, 0.6) is 5.75 Å². The van der Waals surface area contributed by atoms with Crippen molar-refractivity contribution in [2.24, 2.45) is 0 Å². The molecule has 0 aliphatic carbocycles. The number of nitrogens with two attached hydrogens (primary N) is 1. The lowest BCUT2D eigenvalue weighted by molar-refractivity contribution is 0.0320. The standard InChI is InChI=1S/C13H22N2O5S/c1-9-5-12(20-4)13(6-11(9)14)21(16,17)15-7-10(19-3)8-18-2/h5-6,10,15H,7-8,14H2,1-4H3. The van der Waals surface area contributed by atoms with E-state index in [1.807, 2.05) is 0 Å². The van der Waals surface area contributed by atoms with Gasteiger partial charge in [0.05, 0.1) is 19.8 Å². The first-order valence-electron chi connectivity index (χ1n) is 6.31. The first-order valence-corrected chi connectivity index (χ1v) is 7.79. The Labute approximate surface area is 125 Å². The molecule has 0 fully saturated rings. The molecular weight excluding hydrogens is 296 g/mol. The van der Waals surface area contributed by atoms with Crippen LogP contribution in [0.25, 0.3) is 0 Å². The number of rotatable bonds is 8. The Morgan fingerprint density at radius 1 is 1.29 bits per heavy atom. The van der Waals surface area contributed by atoms with E-state index in [-0.39, 0.29) is 29.9 Å². The van der Waals surface area contributed by atoms with Gasteiger partial charge >= 0.3 is 0 Å². The predicted molar refractivity (Wildman–Crippen MR) is 80.0 cm³/mol. The number of nitrogens with one attached hydrogen (secondary N) is 1. The van der Waals surface area contributed by atoms with Crippen LogP contribution in [-0.2, 0) is 19.5 Å². The topological polar surface area (TPSA) is 99.9 Å². The molecule has 0 saturated carbocycles. The monoisotopic (exact) mass is 318 g/mol. The fraction of sp³-hybridized carbons (Fsp3) is 0.538. The fourth-order valence-corrected chi connectivity index (χ4v) is 2.97. The first-order chi connectivity index (χ1) is 9.85. The molecule has 21 heavy (non-hydrogen) atoms. The van der Waals surface area contributed by atoms with Gasteiger partial charge in [0.15, 0.2) is 0 Å². The van der Waals surface area contributed by atoms with Gasteiger partial charge in [-0.25, -0.2) is 13.1 Å². The Balaban J connectivity index is 3.00. The van der Waals surface area contributed by atoms with Crippen LogP contribution in [0.1, 0.15) is 5.56 Å². The largest absolute Gasteiger partial charge is 0.495 e. The molecule has 1 aromatic rings. The van der Waals surface area contributed by atoms with E-state index in [9.17, 15) is 8.42 Å². The second-order valence-corrected chi connectivity index (χ2v) is 6.26. The minimum Gasteiger partial charge on any atom is -0.495 e. The van der Waals surface area contributed by atoms with Crippen LogP contribution in [0.4, 0.5) is 5.69 Å². The summed E-state index contributed by atoms with van der Waals surface area (Å²) < 4.78 is 42.4. The van der Waals surface area contributed by atoms with Crippen molar-refractivity contribution in [2.75, 3.05) is 40.2 Å². The normalized spacial score (nSPS) is 13.1. The van der Waals surface area contributed by atoms with Crippen molar-refractivity contribution in [1.29, 1.82) is 0 Å². The van der Waals surface area contributed by atoms with E-state index in [0.29, 0.717) is 5.69 Å². The molecule has 0 saturated heterocycles. The maximum atomic E-state index is 12.4. The van der Waals surface area contributed by atoms with E-state index in [4.69, 9.17) is 19.9 Å². The van der Waals surface area contributed by atoms with Crippen LogP contribution in [0.15, 0.2) is 17.0 Å². The molecule has 1 atom stereocenters. The van der Waals surface area contributed by atoms with Gasteiger partial charge in [0.2, 0.25) is 10.0 Å². The molecule has 0 aliphatic heterocycles. The molecule has 3 N–H and O–H groups in total. The lowest BCUT2D eigenvalue weighted by atomic mass is 10.2. The van der Waals surface area contributed by atoms with Crippen LogP contribution in [0, 0.1) is 6.92 Å². The molecule has 0 amide bonds. The first kappa shape index (κ1) is 17.7. The van der Waals surface area contributed by atoms with Gasteiger partial charge in [-0.2, -0.15) is 0 Å². The van der Waals surface area contributed by atoms with Gasteiger partial charge in [0, 0.05) is 26.5 Å². The zero-order chi connectivity index (χ0) is 16.0. The predicted octanol–water partition coefficient (Wildman–Crippen LogP) is 0.526. The van der Waals surface area contributed by atoms with Crippen LogP contribution in [0.2, 0.25) is 0 Å². The zero-order valence-corrected chi connectivity index (χ0v) is 13.5. The summed E-state index contributed by atoms with van der Waals surface area (Å²) in [5, 5.41) is 0. The van der Waals surface area contributed by atoms with Crippen molar-refractivity contribution in [3.05, 3.63) is 17.7 Å². The van der Waals surface area contributed by atoms with Gasteiger partial charge in [-0.1, -0.05) is 0 Å². The number of ether oxygens (including phenoxy) is 3. The van der Waals surface area contributed by atoms with Crippen molar-refractivity contribution in [2.45, 2.75) is 17.9 Å². The molecule has 0 bridgehead atoms.